The Bertz CT molecular complexity index is 670. The molecule has 2 heterocycles. The van der Waals surface area contributed by atoms with Crippen molar-refractivity contribution in [1.82, 2.24) is 9.97 Å². The SMILES string of the molecule is CCc1cccc2[nH]c3c(Cl)nccc3c12. The molecular formula is C13H11ClN2. The first-order valence-electron chi connectivity index (χ1n) is 5.35. The minimum Gasteiger partial charge on any atom is -0.352 e. The fourth-order valence-corrected chi connectivity index (χ4v) is 2.42. The van der Waals surface area contributed by atoms with Gasteiger partial charge < -0.3 is 4.98 Å². The van der Waals surface area contributed by atoms with E-state index < -0.39 is 0 Å². The van der Waals surface area contributed by atoms with Gasteiger partial charge in [-0.25, -0.2) is 4.98 Å². The molecule has 0 aliphatic carbocycles. The van der Waals surface area contributed by atoms with Crippen molar-refractivity contribution in [2.45, 2.75) is 13.3 Å². The van der Waals surface area contributed by atoms with Gasteiger partial charge in [-0.05, 0) is 24.1 Å². The van der Waals surface area contributed by atoms with Crippen LogP contribution in [0.2, 0.25) is 5.15 Å². The van der Waals surface area contributed by atoms with Crippen molar-refractivity contribution in [3.8, 4) is 0 Å². The van der Waals surface area contributed by atoms with Crippen LogP contribution in [0.25, 0.3) is 21.8 Å². The Hall–Kier alpha value is -1.54. The van der Waals surface area contributed by atoms with Crippen LogP contribution in [0, 0.1) is 0 Å². The normalized spacial score (nSPS) is 11.4. The summed E-state index contributed by atoms with van der Waals surface area (Å²) in [6, 6.07) is 8.31. The summed E-state index contributed by atoms with van der Waals surface area (Å²) in [5.74, 6) is 0. The molecule has 2 nitrogen and oxygen atoms in total. The number of aromatic amines is 1. The zero-order chi connectivity index (χ0) is 11.1. The van der Waals surface area contributed by atoms with E-state index in [0.717, 1.165) is 22.8 Å². The second-order valence-corrected chi connectivity index (χ2v) is 4.20. The molecule has 3 rings (SSSR count). The van der Waals surface area contributed by atoms with Crippen LogP contribution in [0.5, 0.6) is 0 Å². The Labute approximate surface area is 98.3 Å². The zero-order valence-corrected chi connectivity index (χ0v) is 9.67. The molecule has 0 atom stereocenters. The van der Waals surface area contributed by atoms with E-state index in [0.29, 0.717) is 5.15 Å². The van der Waals surface area contributed by atoms with Crippen LogP contribution < -0.4 is 0 Å². The van der Waals surface area contributed by atoms with Crippen molar-refractivity contribution < 1.29 is 0 Å². The maximum absolute atomic E-state index is 6.08. The highest BCUT2D eigenvalue weighted by atomic mass is 35.5. The molecule has 0 spiro atoms. The third-order valence-corrected chi connectivity index (χ3v) is 3.25. The Morgan fingerprint density at radius 3 is 3.00 bits per heavy atom. The number of halogens is 1. The lowest BCUT2D eigenvalue weighted by Crippen LogP contribution is -1.80. The van der Waals surface area contributed by atoms with Crippen LogP contribution in [0.15, 0.2) is 30.5 Å². The fraction of sp³-hybridized carbons (Fsp3) is 0.154. The van der Waals surface area contributed by atoms with E-state index in [-0.39, 0.29) is 0 Å². The lowest BCUT2D eigenvalue weighted by atomic mass is 10.1. The number of benzene rings is 1. The maximum atomic E-state index is 6.08. The molecule has 0 saturated heterocycles. The smallest absolute Gasteiger partial charge is 0.153 e. The van der Waals surface area contributed by atoms with Crippen molar-refractivity contribution in [3.63, 3.8) is 0 Å². The van der Waals surface area contributed by atoms with Gasteiger partial charge in [0.25, 0.3) is 0 Å². The second kappa shape index (κ2) is 3.49. The van der Waals surface area contributed by atoms with E-state index in [1.54, 1.807) is 6.20 Å². The van der Waals surface area contributed by atoms with E-state index in [4.69, 9.17) is 11.6 Å². The van der Waals surface area contributed by atoms with Gasteiger partial charge in [-0.3, -0.25) is 0 Å². The molecule has 16 heavy (non-hydrogen) atoms. The first-order chi connectivity index (χ1) is 7.81. The summed E-state index contributed by atoms with van der Waals surface area (Å²) in [6.07, 6.45) is 2.77. The van der Waals surface area contributed by atoms with Crippen molar-refractivity contribution >= 4 is 33.4 Å². The number of aromatic nitrogens is 2. The first-order valence-corrected chi connectivity index (χ1v) is 5.73. The predicted octanol–water partition coefficient (Wildman–Crippen LogP) is 3.93. The lowest BCUT2D eigenvalue weighted by Gasteiger charge is -1.99. The van der Waals surface area contributed by atoms with Gasteiger partial charge in [0, 0.05) is 22.5 Å². The monoisotopic (exact) mass is 230 g/mol. The standard InChI is InChI=1S/C13H11ClN2/c1-2-8-4-3-5-10-11(8)9-6-7-15-13(14)12(9)16-10/h3-7,16H,2H2,1H3. The van der Waals surface area contributed by atoms with E-state index in [2.05, 4.69) is 35.1 Å². The molecule has 0 aliphatic heterocycles. The van der Waals surface area contributed by atoms with Crippen molar-refractivity contribution in [3.05, 3.63) is 41.2 Å². The molecule has 3 heteroatoms. The highest BCUT2D eigenvalue weighted by Gasteiger charge is 2.09. The summed E-state index contributed by atoms with van der Waals surface area (Å²) in [5.41, 5.74) is 3.40. The summed E-state index contributed by atoms with van der Waals surface area (Å²) >= 11 is 6.08. The van der Waals surface area contributed by atoms with E-state index in [9.17, 15) is 0 Å². The molecular weight excluding hydrogens is 220 g/mol. The lowest BCUT2D eigenvalue weighted by molar-refractivity contribution is 1.16. The van der Waals surface area contributed by atoms with Gasteiger partial charge in [-0.1, -0.05) is 30.7 Å². The molecule has 80 valence electrons. The molecule has 0 saturated carbocycles. The summed E-state index contributed by atoms with van der Waals surface area (Å²) in [7, 11) is 0. The fourth-order valence-electron chi connectivity index (χ4n) is 2.22. The Balaban J connectivity index is 2.57. The summed E-state index contributed by atoms with van der Waals surface area (Å²) in [4.78, 5) is 7.42. The molecule has 0 amide bonds. The van der Waals surface area contributed by atoms with Gasteiger partial charge in [0.15, 0.2) is 5.15 Å². The number of hydrogen-bond donors (Lipinski definition) is 1. The van der Waals surface area contributed by atoms with E-state index in [1.165, 1.54) is 10.9 Å². The number of H-pyrrole nitrogens is 1. The number of pyridine rings is 1. The number of hydrogen-bond acceptors (Lipinski definition) is 1. The molecule has 0 radical (unpaired) electrons. The summed E-state index contributed by atoms with van der Waals surface area (Å²) in [5, 5.41) is 2.97. The van der Waals surface area contributed by atoms with Crippen LogP contribution >= 0.6 is 11.6 Å². The van der Waals surface area contributed by atoms with Crippen LogP contribution in [0.3, 0.4) is 0 Å². The van der Waals surface area contributed by atoms with Crippen molar-refractivity contribution in [1.29, 1.82) is 0 Å². The minimum absolute atomic E-state index is 0.538. The van der Waals surface area contributed by atoms with Crippen LogP contribution in [0.4, 0.5) is 0 Å². The van der Waals surface area contributed by atoms with Gasteiger partial charge >= 0.3 is 0 Å². The largest absolute Gasteiger partial charge is 0.352 e. The third-order valence-electron chi connectivity index (χ3n) is 2.97. The number of nitrogens with zero attached hydrogens (tertiary/aromatic N) is 1. The highest BCUT2D eigenvalue weighted by molar-refractivity contribution is 6.35. The first kappa shape index (κ1) is 9.67. The van der Waals surface area contributed by atoms with Gasteiger partial charge in [-0.2, -0.15) is 0 Å². The van der Waals surface area contributed by atoms with Crippen LogP contribution in [-0.2, 0) is 6.42 Å². The predicted molar refractivity (Wildman–Crippen MR) is 68.0 cm³/mol. The topological polar surface area (TPSA) is 28.7 Å². The molecule has 3 aromatic rings. The van der Waals surface area contributed by atoms with Crippen molar-refractivity contribution in [2.75, 3.05) is 0 Å². The molecule has 0 unspecified atom stereocenters. The van der Waals surface area contributed by atoms with E-state index >= 15 is 0 Å². The summed E-state index contributed by atoms with van der Waals surface area (Å²) in [6.45, 7) is 2.16. The van der Waals surface area contributed by atoms with E-state index in [1.807, 2.05) is 6.07 Å². The summed E-state index contributed by atoms with van der Waals surface area (Å²) < 4.78 is 0. The Morgan fingerprint density at radius 1 is 1.31 bits per heavy atom. The van der Waals surface area contributed by atoms with Gasteiger partial charge in [0.1, 0.15) is 0 Å². The van der Waals surface area contributed by atoms with Gasteiger partial charge in [0.2, 0.25) is 0 Å². The zero-order valence-electron chi connectivity index (χ0n) is 8.92. The van der Waals surface area contributed by atoms with Crippen LogP contribution in [0.1, 0.15) is 12.5 Å². The Kier molecular flexibility index (Phi) is 2.11. The quantitative estimate of drug-likeness (QED) is 0.631. The number of aryl methyl sites for hydroxylation is 1. The second-order valence-electron chi connectivity index (χ2n) is 3.84. The number of fused-ring (bicyclic) bond motifs is 3. The minimum atomic E-state index is 0.538. The third kappa shape index (κ3) is 1.23. The van der Waals surface area contributed by atoms with Crippen molar-refractivity contribution in [2.24, 2.45) is 0 Å². The number of nitrogens with one attached hydrogen (secondary N) is 1. The highest BCUT2D eigenvalue weighted by Crippen LogP contribution is 2.31. The molecule has 1 aromatic carbocycles. The Morgan fingerprint density at radius 2 is 2.19 bits per heavy atom. The molecule has 0 bridgehead atoms. The molecule has 0 aliphatic rings. The van der Waals surface area contributed by atoms with Crippen LogP contribution in [-0.4, -0.2) is 9.97 Å². The maximum Gasteiger partial charge on any atom is 0.153 e. The average Bonchev–Trinajstić information content (AvgIpc) is 2.69. The number of rotatable bonds is 1. The molecule has 1 N–H and O–H groups in total. The average molecular weight is 231 g/mol. The van der Waals surface area contributed by atoms with Gasteiger partial charge in [-0.15, -0.1) is 0 Å². The van der Waals surface area contributed by atoms with Gasteiger partial charge in [0.05, 0.1) is 5.52 Å². The molecule has 2 aromatic heterocycles. The molecule has 0 fully saturated rings.